The van der Waals surface area contributed by atoms with E-state index in [4.69, 9.17) is 0 Å². The highest BCUT2D eigenvalue weighted by Crippen LogP contribution is 2.47. The predicted molar refractivity (Wildman–Crippen MR) is 120 cm³/mol. The summed E-state index contributed by atoms with van der Waals surface area (Å²) in [6, 6.07) is 14.8. The fraction of sp³-hybridized carbons (Fsp3) is 0.400. The van der Waals surface area contributed by atoms with Crippen molar-refractivity contribution < 1.29 is 0 Å². The van der Waals surface area contributed by atoms with Crippen LogP contribution in [-0.2, 0) is 12.0 Å². The number of guanidine groups is 1. The van der Waals surface area contributed by atoms with Gasteiger partial charge in [0.1, 0.15) is 5.82 Å². The van der Waals surface area contributed by atoms with Crippen molar-refractivity contribution in [2.45, 2.75) is 24.8 Å². The summed E-state index contributed by atoms with van der Waals surface area (Å²) in [5.41, 5.74) is 2.84. The third kappa shape index (κ3) is 4.87. The van der Waals surface area contributed by atoms with E-state index in [9.17, 15) is 0 Å². The second kappa shape index (κ2) is 9.21. The molecule has 0 atom stereocenters. The standard InChI is InChI=1S/C20H27N5.HI/c1-21-19(23-14-16-8-7-13-22-18(16)25(2)3)24-15-20(11-12-20)17-9-5-4-6-10-17;/h4-10,13H,11-12,14-15H2,1-3H3,(H2,21,23,24);1H. The first-order valence-electron chi connectivity index (χ1n) is 8.76. The minimum Gasteiger partial charge on any atom is -0.362 e. The molecule has 2 N–H and O–H groups in total. The van der Waals surface area contributed by atoms with Crippen molar-refractivity contribution in [3.63, 3.8) is 0 Å². The van der Waals surface area contributed by atoms with Crippen LogP contribution in [0.1, 0.15) is 24.0 Å². The van der Waals surface area contributed by atoms with Crippen molar-refractivity contribution >= 4 is 35.8 Å². The van der Waals surface area contributed by atoms with Crippen LogP contribution in [0, 0.1) is 0 Å². The van der Waals surface area contributed by atoms with Gasteiger partial charge < -0.3 is 15.5 Å². The molecule has 2 aromatic rings. The Labute approximate surface area is 173 Å². The third-order valence-electron chi connectivity index (χ3n) is 4.79. The van der Waals surface area contributed by atoms with Crippen LogP contribution in [0.2, 0.25) is 0 Å². The number of pyridine rings is 1. The van der Waals surface area contributed by atoms with Gasteiger partial charge >= 0.3 is 0 Å². The molecule has 0 bridgehead atoms. The Morgan fingerprint density at radius 3 is 2.46 bits per heavy atom. The first kappa shape index (κ1) is 20.5. The summed E-state index contributed by atoms with van der Waals surface area (Å²) in [5.74, 6) is 1.81. The van der Waals surface area contributed by atoms with E-state index in [1.807, 2.05) is 38.3 Å². The SMILES string of the molecule is CN=C(NCc1cccnc1N(C)C)NCC1(c2ccccc2)CC1.I. The number of anilines is 1. The van der Waals surface area contributed by atoms with Gasteiger partial charge in [0.25, 0.3) is 0 Å². The first-order valence-corrected chi connectivity index (χ1v) is 8.76. The monoisotopic (exact) mass is 465 g/mol. The van der Waals surface area contributed by atoms with Crippen molar-refractivity contribution in [2.24, 2.45) is 4.99 Å². The topological polar surface area (TPSA) is 52.6 Å². The Morgan fingerprint density at radius 2 is 1.85 bits per heavy atom. The molecule has 0 aliphatic heterocycles. The molecule has 0 unspecified atom stereocenters. The van der Waals surface area contributed by atoms with Gasteiger partial charge in [0.05, 0.1) is 0 Å². The van der Waals surface area contributed by atoms with Gasteiger partial charge in [0, 0.05) is 51.4 Å². The summed E-state index contributed by atoms with van der Waals surface area (Å²) >= 11 is 0. The summed E-state index contributed by atoms with van der Waals surface area (Å²) in [7, 11) is 5.83. The number of nitrogens with one attached hydrogen (secondary N) is 2. The molecule has 1 saturated carbocycles. The molecule has 140 valence electrons. The van der Waals surface area contributed by atoms with Crippen molar-refractivity contribution in [1.29, 1.82) is 0 Å². The fourth-order valence-corrected chi connectivity index (χ4v) is 3.13. The van der Waals surface area contributed by atoms with Gasteiger partial charge in [-0.1, -0.05) is 36.4 Å². The largest absolute Gasteiger partial charge is 0.362 e. The quantitative estimate of drug-likeness (QED) is 0.391. The molecule has 3 rings (SSSR count). The van der Waals surface area contributed by atoms with E-state index in [0.29, 0.717) is 6.54 Å². The maximum absolute atomic E-state index is 4.44. The van der Waals surface area contributed by atoms with Crippen LogP contribution in [0.25, 0.3) is 0 Å². The van der Waals surface area contributed by atoms with Crippen LogP contribution in [0.15, 0.2) is 53.7 Å². The van der Waals surface area contributed by atoms with Crippen molar-refractivity contribution in [3.05, 3.63) is 59.8 Å². The molecule has 5 nitrogen and oxygen atoms in total. The predicted octanol–water partition coefficient (Wildman–Crippen LogP) is 3.16. The molecule has 1 fully saturated rings. The molecular formula is C20H28IN5. The lowest BCUT2D eigenvalue weighted by atomic mass is 9.96. The van der Waals surface area contributed by atoms with E-state index in [-0.39, 0.29) is 29.4 Å². The smallest absolute Gasteiger partial charge is 0.191 e. The number of rotatable bonds is 6. The minimum absolute atomic E-state index is 0. The number of hydrogen-bond acceptors (Lipinski definition) is 3. The minimum atomic E-state index is 0. The van der Waals surface area contributed by atoms with Crippen molar-refractivity contribution in [2.75, 3.05) is 32.6 Å². The van der Waals surface area contributed by atoms with Crippen LogP contribution < -0.4 is 15.5 Å². The third-order valence-corrected chi connectivity index (χ3v) is 4.79. The molecule has 1 aromatic carbocycles. The summed E-state index contributed by atoms with van der Waals surface area (Å²) in [4.78, 5) is 10.8. The Balaban J connectivity index is 0.00000243. The molecule has 1 aromatic heterocycles. The van der Waals surface area contributed by atoms with Gasteiger partial charge in [-0.25, -0.2) is 4.98 Å². The van der Waals surface area contributed by atoms with E-state index in [2.05, 4.69) is 57.0 Å². The molecule has 0 spiro atoms. The number of nitrogens with zero attached hydrogens (tertiary/aromatic N) is 3. The number of aliphatic imine (C=N–C) groups is 1. The normalized spacial score (nSPS) is 15.0. The maximum Gasteiger partial charge on any atom is 0.191 e. The van der Waals surface area contributed by atoms with Crippen LogP contribution >= 0.6 is 24.0 Å². The van der Waals surface area contributed by atoms with Crippen LogP contribution in [-0.4, -0.2) is 38.6 Å². The van der Waals surface area contributed by atoms with E-state index >= 15 is 0 Å². The lowest BCUT2D eigenvalue weighted by Gasteiger charge is -2.20. The van der Waals surface area contributed by atoms with Crippen molar-refractivity contribution in [3.8, 4) is 0 Å². The second-order valence-corrected chi connectivity index (χ2v) is 6.81. The van der Waals surface area contributed by atoms with Gasteiger partial charge in [0.15, 0.2) is 5.96 Å². The van der Waals surface area contributed by atoms with Crippen LogP contribution in [0.3, 0.4) is 0 Å². The zero-order chi connectivity index (χ0) is 17.7. The lowest BCUT2D eigenvalue weighted by molar-refractivity contribution is 0.645. The highest BCUT2D eigenvalue weighted by atomic mass is 127. The highest BCUT2D eigenvalue weighted by Gasteiger charge is 2.43. The van der Waals surface area contributed by atoms with Crippen LogP contribution in [0.4, 0.5) is 5.82 Å². The summed E-state index contributed by atoms with van der Waals surface area (Å²) < 4.78 is 0. The fourth-order valence-electron chi connectivity index (χ4n) is 3.13. The highest BCUT2D eigenvalue weighted by molar-refractivity contribution is 14.0. The number of hydrogen-bond donors (Lipinski definition) is 2. The summed E-state index contributed by atoms with van der Waals surface area (Å²) in [6.07, 6.45) is 4.28. The molecule has 26 heavy (non-hydrogen) atoms. The Bertz CT molecular complexity index is 726. The molecule has 0 saturated heterocycles. The Hall–Kier alpha value is -1.83. The first-order chi connectivity index (χ1) is 12.1. The van der Waals surface area contributed by atoms with E-state index in [0.717, 1.165) is 23.9 Å². The lowest BCUT2D eigenvalue weighted by Crippen LogP contribution is -2.41. The van der Waals surface area contributed by atoms with Gasteiger partial charge in [-0.2, -0.15) is 0 Å². The van der Waals surface area contributed by atoms with Gasteiger partial charge in [-0.05, 0) is 24.5 Å². The Kier molecular flexibility index (Phi) is 7.25. The zero-order valence-corrected chi connectivity index (χ0v) is 18.0. The average Bonchev–Trinajstić information content (AvgIpc) is 3.44. The maximum atomic E-state index is 4.44. The summed E-state index contributed by atoms with van der Waals surface area (Å²) in [5, 5.41) is 6.90. The second-order valence-electron chi connectivity index (χ2n) is 6.81. The molecule has 0 amide bonds. The molecule has 1 aliphatic rings. The molecule has 6 heteroatoms. The zero-order valence-electron chi connectivity index (χ0n) is 15.7. The number of benzene rings is 1. The number of halogens is 1. The molecule has 1 aliphatic carbocycles. The van der Waals surface area contributed by atoms with Crippen LogP contribution in [0.5, 0.6) is 0 Å². The van der Waals surface area contributed by atoms with E-state index < -0.39 is 0 Å². The number of aromatic nitrogens is 1. The van der Waals surface area contributed by atoms with Crippen molar-refractivity contribution in [1.82, 2.24) is 15.6 Å². The van der Waals surface area contributed by atoms with Gasteiger partial charge in [0.2, 0.25) is 0 Å². The molecule has 0 radical (unpaired) electrons. The Morgan fingerprint density at radius 1 is 1.12 bits per heavy atom. The van der Waals surface area contributed by atoms with E-state index in [1.54, 1.807) is 0 Å². The average molecular weight is 465 g/mol. The molecular weight excluding hydrogens is 437 g/mol. The van der Waals surface area contributed by atoms with E-state index in [1.165, 1.54) is 18.4 Å². The van der Waals surface area contributed by atoms with Gasteiger partial charge in [-0.3, -0.25) is 4.99 Å². The summed E-state index contributed by atoms with van der Waals surface area (Å²) in [6.45, 7) is 1.60. The van der Waals surface area contributed by atoms with Gasteiger partial charge in [-0.15, -0.1) is 24.0 Å². The molecule has 1 heterocycles.